The zero-order chi connectivity index (χ0) is 20.7. The molecular weight excluding hydrogens is 378 g/mol. The van der Waals surface area contributed by atoms with Crippen molar-refractivity contribution in [2.75, 3.05) is 6.54 Å². The summed E-state index contributed by atoms with van der Waals surface area (Å²) < 4.78 is 0. The van der Waals surface area contributed by atoms with Crippen molar-refractivity contribution in [3.8, 4) is 5.75 Å². The van der Waals surface area contributed by atoms with Crippen LogP contribution in [0.4, 0.5) is 0 Å². The molecule has 1 fully saturated rings. The van der Waals surface area contributed by atoms with Gasteiger partial charge in [-0.3, -0.25) is 4.79 Å². The topological polar surface area (TPSA) is 67.5 Å². The van der Waals surface area contributed by atoms with E-state index in [1.54, 1.807) is 6.33 Å². The highest BCUT2D eigenvalue weighted by Gasteiger charge is 2.57. The molecule has 0 saturated carbocycles. The largest absolute Gasteiger partial charge is 0.345 e. The molecule has 1 aromatic heterocycles. The van der Waals surface area contributed by atoms with Crippen molar-refractivity contribution < 1.29 is 14.6 Å². The van der Waals surface area contributed by atoms with Gasteiger partial charge in [-0.25, -0.2) is 4.98 Å². The lowest BCUT2D eigenvalue weighted by Gasteiger charge is -2.60. The molecule has 3 heterocycles. The van der Waals surface area contributed by atoms with Gasteiger partial charge in [0, 0.05) is 29.1 Å². The van der Waals surface area contributed by atoms with E-state index in [0.29, 0.717) is 12.2 Å². The number of likely N-dealkylation sites (tertiary alicyclic amines) is 1. The number of fused-ring (bicyclic) bond motifs is 6. The van der Waals surface area contributed by atoms with Crippen LogP contribution in [0, 0.1) is 5.41 Å². The van der Waals surface area contributed by atoms with Crippen molar-refractivity contribution >= 4 is 16.9 Å². The van der Waals surface area contributed by atoms with E-state index in [0.717, 1.165) is 41.7 Å². The first-order chi connectivity index (χ1) is 14.4. The van der Waals surface area contributed by atoms with E-state index in [1.807, 2.05) is 18.2 Å². The van der Waals surface area contributed by atoms with Gasteiger partial charge in [0.1, 0.15) is 6.61 Å². The Kier molecular flexibility index (Phi) is 3.50. The molecule has 0 radical (unpaired) electrons. The van der Waals surface area contributed by atoms with Gasteiger partial charge in [-0.2, -0.15) is 4.89 Å². The Balaban J connectivity index is 1.42. The van der Waals surface area contributed by atoms with Crippen LogP contribution < -0.4 is 4.89 Å². The van der Waals surface area contributed by atoms with Crippen LogP contribution in [0.15, 0.2) is 36.7 Å². The Hall–Kier alpha value is -2.86. The summed E-state index contributed by atoms with van der Waals surface area (Å²) in [6.45, 7) is 8.20. The van der Waals surface area contributed by atoms with Crippen LogP contribution in [0.1, 0.15) is 54.2 Å². The molecule has 1 N–H and O–H groups in total. The molecule has 6 rings (SSSR count). The van der Waals surface area contributed by atoms with Crippen LogP contribution in [-0.2, 0) is 23.3 Å². The van der Waals surface area contributed by atoms with Crippen molar-refractivity contribution in [1.29, 1.82) is 0 Å². The molecule has 0 spiro atoms. The number of piperidine rings is 1. The molecule has 6 nitrogen and oxygen atoms in total. The number of rotatable bonds is 1. The molecule has 1 aliphatic carbocycles. The Morgan fingerprint density at radius 3 is 2.93 bits per heavy atom. The second-order valence-electron chi connectivity index (χ2n) is 9.62. The number of benzene rings is 2. The normalized spacial score (nSPS) is 26.2. The van der Waals surface area contributed by atoms with Gasteiger partial charge >= 0.3 is 0 Å². The number of aromatic nitrogens is 2. The van der Waals surface area contributed by atoms with Gasteiger partial charge in [-0.05, 0) is 59.7 Å². The minimum atomic E-state index is -0.0697. The molecule has 2 aromatic carbocycles. The number of imidazole rings is 1. The van der Waals surface area contributed by atoms with Crippen molar-refractivity contribution in [2.45, 2.75) is 51.7 Å². The lowest BCUT2D eigenvalue weighted by atomic mass is 9.51. The van der Waals surface area contributed by atoms with Gasteiger partial charge in [0.05, 0.1) is 17.4 Å². The second kappa shape index (κ2) is 5.85. The van der Waals surface area contributed by atoms with Crippen molar-refractivity contribution in [3.05, 3.63) is 58.9 Å². The first-order valence-electron chi connectivity index (χ1n) is 10.6. The lowest BCUT2D eigenvalue weighted by Crippen LogP contribution is -2.64. The Labute approximate surface area is 175 Å². The quantitative estimate of drug-likeness (QED) is 0.620. The molecule has 1 saturated heterocycles. The SMILES string of the molecule is CC12CCN(C(=O)c3ccc4nc[nH]c4c3)C(Cc3cc4c(cc31)OOC4)C2(C)C. The first kappa shape index (κ1) is 18.0. The molecule has 1 amide bonds. The summed E-state index contributed by atoms with van der Waals surface area (Å²) in [5.41, 5.74) is 6.14. The highest BCUT2D eigenvalue weighted by Crippen LogP contribution is 2.57. The molecule has 3 aromatic rings. The molecule has 2 atom stereocenters. The Bertz CT molecular complexity index is 1200. The average molecular weight is 403 g/mol. The van der Waals surface area contributed by atoms with Gasteiger partial charge in [0.2, 0.25) is 0 Å². The predicted octanol–water partition coefficient (Wildman–Crippen LogP) is 4.14. The minimum absolute atomic E-state index is 0.0314. The van der Waals surface area contributed by atoms with Crippen LogP contribution in [0.5, 0.6) is 5.75 Å². The second-order valence-corrected chi connectivity index (χ2v) is 9.62. The summed E-state index contributed by atoms with van der Waals surface area (Å²) in [6.07, 6.45) is 3.43. The molecule has 3 aliphatic rings. The molecule has 154 valence electrons. The third-order valence-corrected chi connectivity index (χ3v) is 8.07. The number of hydrogen-bond acceptors (Lipinski definition) is 4. The van der Waals surface area contributed by atoms with Gasteiger partial charge < -0.3 is 14.8 Å². The molecule has 30 heavy (non-hydrogen) atoms. The van der Waals surface area contributed by atoms with Gasteiger partial charge in [0.15, 0.2) is 5.75 Å². The van der Waals surface area contributed by atoms with E-state index < -0.39 is 0 Å². The van der Waals surface area contributed by atoms with Gasteiger partial charge in [-0.15, -0.1) is 0 Å². The maximum Gasteiger partial charge on any atom is 0.254 e. The summed E-state index contributed by atoms with van der Waals surface area (Å²) in [5.74, 6) is 0.943. The van der Waals surface area contributed by atoms with Gasteiger partial charge in [0.25, 0.3) is 5.91 Å². The van der Waals surface area contributed by atoms with Crippen LogP contribution in [-0.4, -0.2) is 33.4 Å². The molecule has 2 unspecified atom stereocenters. The minimum Gasteiger partial charge on any atom is -0.345 e. The predicted molar refractivity (Wildman–Crippen MR) is 112 cm³/mol. The first-order valence-corrected chi connectivity index (χ1v) is 10.6. The van der Waals surface area contributed by atoms with Crippen LogP contribution >= 0.6 is 0 Å². The third-order valence-electron chi connectivity index (χ3n) is 8.07. The van der Waals surface area contributed by atoms with Crippen molar-refractivity contribution in [2.24, 2.45) is 5.41 Å². The maximum atomic E-state index is 13.6. The number of carbonyl (C=O) groups is 1. The number of nitrogens with zero attached hydrogens (tertiary/aromatic N) is 2. The fourth-order valence-corrected chi connectivity index (χ4v) is 5.82. The number of hydrogen-bond donors (Lipinski definition) is 1. The summed E-state index contributed by atoms with van der Waals surface area (Å²) in [4.78, 5) is 33.7. The van der Waals surface area contributed by atoms with E-state index in [2.05, 4.69) is 47.8 Å². The van der Waals surface area contributed by atoms with E-state index in [1.165, 1.54) is 11.1 Å². The summed E-state index contributed by atoms with van der Waals surface area (Å²) in [7, 11) is 0. The number of carbonyl (C=O) groups excluding carboxylic acids is 1. The zero-order valence-corrected chi connectivity index (χ0v) is 17.5. The molecule has 2 bridgehead atoms. The van der Waals surface area contributed by atoms with E-state index in [9.17, 15) is 4.79 Å². The summed E-state index contributed by atoms with van der Waals surface area (Å²) >= 11 is 0. The van der Waals surface area contributed by atoms with Gasteiger partial charge in [-0.1, -0.05) is 20.8 Å². The number of amides is 1. The fraction of sp³-hybridized carbons (Fsp3) is 0.417. The lowest BCUT2D eigenvalue weighted by molar-refractivity contribution is -0.194. The fourth-order valence-electron chi connectivity index (χ4n) is 5.82. The maximum absolute atomic E-state index is 13.6. The molecule has 2 aliphatic heterocycles. The smallest absolute Gasteiger partial charge is 0.254 e. The average Bonchev–Trinajstić information content (AvgIpc) is 3.37. The monoisotopic (exact) mass is 403 g/mol. The van der Waals surface area contributed by atoms with Crippen LogP contribution in [0.25, 0.3) is 11.0 Å². The number of H-pyrrole nitrogens is 1. The van der Waals surface area contributed by atoms with Crippen molar-refractivity contribution in [1.82, 2.24) is 14.9 Å². The Morgan fingerprint density at radius 1 is 1.20 bits per heavy atom. The van der Waals surface area contributed by atoms with Crippen LogP contribution in [0.2, 0.25) is 0 Å². The summed E-state index contributed by atoms with van der Waals surface area (Å²) in [5, 5.41) is 0. The highest BCUT2D eigenvalue weighted by atomic mass is 17.2. The van der Waals surface area contributed by atoms with Crippen LogP contribution in [0.3, 0.4) is 0 Å². The standard InChI is InChI=1S/C24H25N3O3/c1-23(2)21-10-15-8-16-12-29-30-20(16)11-17(15)24(23,3)6-7-27(21)22(28)14-4-5-18-19(9-14)26-13-25-18/h4-5,8-9,11,13,21H,6-7,10,12H2,1-3H3,(H,25,26). The molecular formula is C24H25N3O3. The number of aromatic amines is 1. The highest BCUT2D eigenvalue weighted by molar-refractivity contribution is 5.97. The van der Waals surface area contributed by atoms with Crippen molar-refractivity contribution in [3.63, 3.8) is 0 Å². The number of nitrogens with one attached hydrogen (secondary N) is 1. The van der Waals surface area contributed by atoms with E-state index in [4.69, 9.17) is 9.78 Å². The zero-order valence-electron chi connectivity index (χ0n) is 17.5. The summed E-state index contributed by atoms with van der Waals surface area (Å²) in [6, 6.07) is 10.3. The van der Waals surface area contributed by atoms with E-state index in [-0.39, 0.29) is 22.8 Å². The Morgan fingerprint density at radius 2 is 2.07 bits per heavy atom. The van der Waals surface area contributed by atoms with E-state index >= 15 is 0 Å². The molecule has 6 heteroatoms. The third kappa shape index (κ3) is 2.23.